The summed E-state index contributed by atoms with van der Waals surface area (Å²) in [5.74, 6) is -1.88. The van der Waals surface area contributed by atoms with Crippen LogP contribution < -0.4 is 10.8 Å². The van der Waals surface area contributed by atoms with Crippen molar-refractivity contribution < 1.29 is 23.1 Å². The lowest BCUT2D eigenvalue weighted by Gasteiger charge is -2.13. The summed E-state index contributed by atoms with van der Waals surface area (Å²) in [6.45, 7) is 1.25. The summed E-state index contributed by atoms with van der Waals surface area (Å²) in [7, 11) is 0. The third-order valence-electron chi connectivity index (χ3n) is 1.23. The smallest absolute Gasteiger partial charge is 0.431 e. The fourth-order valence-corrected chi connectivity index (χ4v) is 0.616. The summed E-state index contributed by atoms with van der Waals surface area (Å²) < 4.78 is 35.3. The number of nitrogens with two attached hydrogens (primary N) is 1. The minimum absolute atomic E-state index is 0.312. The third kappa shape index (κ3) is 2.44. The van der Waals surface area contributed by atoms with Crippen molar-refractivity contribution in [2.45, 2.75) is 19.5 Å². The van der Waals surface area contributed by atoms with Crippen LogP contribution in [0.1, 0.15) is 13.3 Å². The molecule has 0 aliphatic rings. The average molecular weight is 182 g/mol. The Morgan fingerprint density at radius 3 is 2.00 bits per heavy atom. The molecule has 0 aliphatic heterocycles. The number of carbonyl (C=O) groups excluding carboxylic acids is 1. The molecule has 0 spiro atoms. The van der Waals surface area contributed by atoms with E-state index in [1.54, 1.807) is 0 Å². The first kappa shape index (κ1) is 10.8. The first-order chi connectivity index (χ1) is 5.30. The van der Waals surface area contributed by atoms with Crippen LogP contribution in [0.15, 0.2) is 11.3 Å². The van der Waals surface area contributed by atoms with Gasteiger partial charge in [-0.3, -0.25) is 0 Å². The zero-order valence-electron chi connectivity index (χ0n) is 6.23. The Kier molecular flexibility index (Phi) is 3.12. The largest absolute Gasteiger partial charge is 0.545 e. The van der Waals surface area contributed by atoms with Gasteiger partial charge in [0.1, 0.15) is 5.70 Å². The van der Waals surface area contributed by atoms with Gasteiger partial charge >= 0.3 is 6.18 Å². The standard InChI is InChI=1S/C6H8F3NO2/c1-2-3(5(11)12)4(10)6(7,8)9/h2,10H2,1H3,(H,11,12)/p-1. The highest BCUT2D eigenvalue weighted by atomic mass is 19.4. The maximum absolute atomic E-state index is 11.8. The highest BCUT2D eigenvalue weighted by Gasteiger charge is 2.33. The fraction of sp³-hybridized carbons (Fsp3) is 0.500. The predicted molar refractivity (Wildman–Crippen MR) is 32.6 cm³/mol. The molecule has 0 atom stereocenters. The van der Waals surface area contributed by atoms with E-state index in [9.17, 15) is 23.1 Å². The van der Waals surface area contributed by atoms with Gasteiger partial charge in [0.05, 0.1) is 5.97 Å². The normalized spacial score (nSPS) is 14.0. The molecule has 0 amide bonds. The van der Waals surface area contributed by atoms with Gasteiger partial charge in [0.2, 0.25) is 0 Å². The van der Waals surface area contributed by atoms with Crippen molar-refractivity contribution in [2.75, 3.05) is 0 Å². The molecule has 0 fully saturated rings. The Morgan fingerprint density at radius 2 is 1.92 bits per heavy atom. The lowest BCUT2D eigenvalue weighted by molar-refractivity contribution is -0.299. The number of carbonyl (C=O) groups is 1. The van der Waals surface area contributed by atoms with E-state index in [1.807, 2.05) is 0 Å². The minimum atomic E-state index is -4.80. The molecule has 0 rings (SSSR count). The zero-order valence-corrected chi connectivity index (χ0v) is 6.23. The Balaban J connectivity index is 4.99. The summed E-state index contributed by atoms with van der Waals surface area (Å²) in [5.41, 5.74) is 2.03. The predicted octanol–water partition coefficient (Wildman–Crippen LogP) is -0.0786. The molecule has 0 aliphatic carbocycles. The second-order valence-corrected chi connectivity index (χ2v) is 2.03. The number of rotatable bonds is 2. The number of hydrogen-bond donors (Lipinski definition) is 1. The Morgan fingerprint density at radius 1 is 1.50 bits per heavy atom. The van der Waals surface area contributed by atoms with Crippen molar-refractivity contribution in [1.82, 2.24) is 0 Å². The van der Waals surface area contributed by atoms with Gasteiger partial charge in [-0.25, -0.2) is 0 Å². The van der Waals surface area contributed by atoms with Crippen LogP contribution in [0, 0.1) is 0 Å². The van der Waals surface area contributed by atoms with E-state index < -0.39 is 23.4 Å². The van der Waals surface area contributed by atoms with Crippen LogP contribution in [-0.4, -0.2) is 12.1 Å². The van der Waals surface area contributed by atoms with Gasteiger partial charge in [-0.15, -0.1) is 0 Å². The van der Waals surface area contributed by atoms with Crippen molar-refractivity contribution in [2.24, 2.45) is 5.73 Å². The Bertz CT molecular complexity index is 219. The molecule has 0 saturated carbocycles. The highest BCUT2D eigenvalue weighted by Crippen LogP contribution is 2.24. The van der Waals surface area contributed by atoms with Gasteiger partial charge in [0, 0.05) is 5.57 Å². The molecule has 0 radical (unpaired) electrons. The molecular formula is C6H7F3NO2-. The molecule has 0 unspecified atom stereocenters. The van der Waals surface area contributed by atoms with Crippen LogP contribution in [-0.2, 0) is 4.79 Å². The number of carboxylic acids is 1. The van der Waals surface area contributed by atoms with Crippen LogP contribution in [0.5, 0.6) is 0 Å². The molecule has 0 aromatic carbocycles. The Hall–Kier alpha value is -1.20. The summed E-state index contributed by atoms with van der Waals surface area (Å²) in [6.07, 6.45) is -5.11. The van der Waals surface area contributed by atoms with Gasteiger partial charge in [-0.1, -0.05) is 6.92 Å². The maximum atomic E-state index is 11.8. The van der Waals surface area contributed by atoms with Crippen molar-refractivity contribution in [3.05, 3.63) is 11.3 Å². The van der Waals surface area contributed by atoms with E-state index in [1.165, 1.54) is 6.92 Å². The van der Waals surface area contributed by atoms with E-state index in [0.717, 1.165) is 0 Å². The molecule has 0 saturated heterocycles. The Labute approximate surface area is 66.7 Å². The van der Waals surface area contributed by atoms with E-state index >= 15 is 0 Å². The van der Waals surface area contributed by atoms with Crippen LogP contribution in [0.25, 0.3) is 0 Å². The summed E-state index contributed by atoms with van der Waals surface area (Å²) in [6, 6.07) is 0. The lowest BCUT2D eigenvalue weighted by atomic mass is 10.1. The molecule has 6 heteroatoms. The van der Waals surface area contributed by atoms with Crippen molar-refractivity contribution in [3.8, 4) is 0 Å². The fourth-order valence-electron chi connectivity index (χ4n) is 0.616. The van der Waals surface area contributed by atoms with Gasteiger partial charge in [-0.2, -0.15) is 13.2 Å². The van der Waals surface area contributed by atoms with E-state index in [2.05, 4.69) is 5.73 Å². The number of alkyl halides is 3. The number of carboxylic acid groups (broad SMARTS) is 1. The first-order valence-corrected chi connectivity index (χ1v) is 3.07. The molecule has 70 valence electrons. The average Bonchev–Trinajstić information content (AvgIpc) is 1.86. The third-order valence-corrected chi connectivity index (χ3v) is 1.23. The minimum Gasteiger partial charge on any atom is -0.545 e. The molecular weight excluding hydrogens is 175 g/mol. The van der Waals surface area contributed by atoms with Gasteiger partial charge in [0.15, 0.2) is 0 Å². The van der Waals surface area contributed by atoms with Crippen molar-refractivity contribution in [3.63, 3.8) is 0 Å². The second-order valence-electron chi connectivity index (χ2n) is 2.03. The van der Waals surface area contributed by atoms with Gasteiger partial charge in [0.25, 0.3) is 0 Å². The summed E-state index contributed by atoms with van der Waals surface area (Å²) >= 11 is 0. The molecule has 0 aromatic heterocycles. The van der Waals surface area contributed by atoms with Gasteiger partial charge in [-0.05, 0) is 6.42 Å². The van der Waals surface area contributed by atoms with E-state index in [-0.39, 0.29) is 6.42 Å². The monoisotopic (exact) mass is 182 g/mol. The molecule has 2 N–H and O–H groups in total. The SMILES string of the molecule is CCC(C(=O)[O-])=C(N)C(F)(F)F. The topological polar surface area (TPSA) is 66.1 Å². The van der Waals surface area contributed by atoms with Crippen LogP contribution in [0.3, 0.4) is 0 Å². The van der Waals surface area contributed by atoms with Crippen LogP contribution in [0.2, 0.25) is 0 Å². The summed E-state index contributed by atoms with van der Waals surface area (Å²) in [4.78, 5) is 10.1. The lowest BCUT2D eigenvalue weighted by Crippen LogP contribution is -2.31. The molecule has 0 heterocycles. The van der Waals surface area contributed by atoms with Crippen molar-refractivity contribution in [1.29, 1.82) is 0 Å². The van der Waals surface area contributed by atoms with Crippen molar-refractivity contribution >= 4 is 5.97 Å². The molecule has 3 nitrogen and oxygen atoms in total. The summed E-state index contributed by atoms with van der Waals surface area (Å²) in [5, 5.41) is 10.1. The molecule has 0 bridgehead atoms. The number of hydrogen-bond acceptors (Lipinski definition) is 3. The second kappa shape index (κ2) is 3.46. The first-order valence-electron chi connectivity index (χ1n) is 3.07. The molecule has 0 aromatic rings. The van der Waals surface area contributed by atoms with E-state index in [0.29, 0.717) is 0 Å². The zero-order chi connectivity index (χ0) is 9.94. The van der Waals surface area contributed by atoms with Crippen LogP contribution in [0.4, 0.5) is 13.2 Å². The van der Waals surface area contributed by atoms with Crippen LogP contribution >= 0.6 is 0 Å². The number of aliphatic carboxylic acids is 1. The quantitative estimate of drug-likeness (QED) is 0.607. The highest BCUT2D eigenvalue weighted by molar-refractivity contribution is 5.85. The number of halogens is 3. The van der Waals surface area contributed by atoms with Gasteiger partial charge < -0.3 is 15.6 Å². The van der Waals surface area contributed by atoms with E-state index in [4.69, 9.17) is 0 Å². The number of allylic oxidation sites excluding steroid dienone is 1. The molecule has 12 heavy (non-hydrogen) atoms. The maximum Gasteiger partial charge on any atom is 0.431 e.